The van der Waals surface area contributed by atoms with E-state index < -0.39 is 21.8 Å². The van der Waals surface area contributed by atoms with Crippen LogP contribution in [0.25, 0.3) is 0 Å². The van der Waals surface area contributed by atoms with Gasteiger partial charge in [0.1, 0.15) is 0 Å². The zero-order valence-electron chi connectivity index (χ0n) is 12.8. The van der Waals surface area contributed by atoms with Crippen molar-refractivity contribution in [1.29, 1.82) is 0 Å². The Labute approximate surface area is 143 Å². The Bertz CT molecular complexity index is 999. The van der Waals surface area contributed by atoms with Gasteiger partial charge in [-0.1, -0.05) is 11.6 Å². The molecule has 0 bridgehead atoms. The third-order valence-electron chi connectivity index (χ3n) is 3.73. The summed E-state index contributed by atoms with van der Waals surface area (Å²) in [5, 5.41) is 2.64. The first kappa shape index (κ1) is 16.5. The van der Waals surface area contributed by atoms with Crippen LogP contribution in [0.4, 0.5) is 5.69 Å². The number of carbonyl (C=O) groups is 2. The molecule has 124 valence electrons. The molecule has 0 atom stereocenters. The van der Waals surface area contributed by atoms with Crippen molar-refractivity contribution in [3.8, 4) is 0 Å². The van der Waals surface area contributed by atoms with Gasteiger partial charge in [0, 0.05) is 10.7 Å². The molecule has 0 fully saturated rings. The fourth-order valence-corrected chi connectivity index (χ4v) is 4.07. The Morgan fingerprint density at radius 2 is 1.62 bits per heavy atom. The minimum absolute atomic E-state index is 0.102. The molecule has 1 aliphatic rings. The molecular weight excluding hydrogens is 352 g/mol. The van der Waals surface area contributed by atoms with Crippen LogP contribution in [0.15, 0.2) is 35.2 Å². The van der Waals surface area contributed by atoms with Crippen molar-refractivity contribution in [1.82, 2.24) is 5.32 Å². The van der Waals surface area contributed by atoms with E-state index >= 15 is 0 Å². The maximum Gasteiger partial charge on any atom is 0.262 e. The molecule has 2 amide bonds. The molecule has 0 aromatic heterocycles. The van der Waals surface area contributed by atoms with Gasteiger partial charge in [-0.05, 0) is 55.3 Å². The lowest BCUT2D eigenvalue weighted by molar-refractivity contribution is 0.0879. The van der Waals surface area contributed by atoms with Crippen LogP contribution >= 0.6 is 11.6 Å². The summed E-state index contributed by atoms with van der Waals surface area (Å²) in [5.74, 6) is -1.04. The Kier molecular flexibility index (Phi) is 3.85. The van der Waals surface area contributed by atoms with Gasteiger partial charge in [-0.25, -0.2) is 8.42 Å². The number of rotatable bonds is 3. The molecule has 0 aliphatic carbocycles. The first-order chi connectivity index (χ1) is 11.2. The van der Waals surface area contributed by atoms with Crippen molar-refractivity contribution >= 4 is 39.1 Å². The van der Waals surface area contributed by atoms with Crippen LogP contribution in [0, 0.1) is 13.8 Å². The molecule has 0 unspecified atom stereocenters. The van der Waals surface area contributed by atoms with Crippen LogP contribution in [0.3, 0.4) is 0 Å². The van der Waals surface area contributed by atoms with Gasteiger partial charge >= 0.3 is 0 Å². The standard InChI is InChI=1S/C16H13ClN2O4S/c1-8-6-14(9(2)5-13(8)17)24(22,23)19-10-3-4-11-12(7-10)16(21)18-15(11)20/h3-7,19H,1-2H3,(H,18,20,21). The largest absolute Gasteiger partial charge is 0.288 e. The third kappa shape index (κ3) is 2.76. The first-order valence-corrected chi connectivity index (χ1v) is 8.84. The van der Waals surface area contributed by atoms with Gasteiger partial charge in [0.05, 0.1) is 16.0 Å². The predicted molar refractivity (Wildman–Crippen MR) is 90.0 cm³/mol. The van der Waals surface area contributed by atoms with E-state index in [1.54, 1.807) is 19.9 Å². The van der Waals surface area contributed by atoms with Gasteiger partial charge in [-0.3, -0.25) is 19.6 Å². The third-order valence-corrected chi connectivity index (χ3v) is 5.66. The van der Waals surface area contributed by atoms with Gasteiger partial charge in [0.25, 0.3) is 21.8 Å². The molecule has 0 saturated carbocycles. The number of halogens is 1. The normalized spacial score (nSPS) is 13.6. The average molecular weight is 365 g/mol. The number of nitrogens with one attached hydrogen (secondary N) is 2. The molecule has 3 rings (SSSR count). The lowest BCUT2D eigenvalue weighted by Gasteiger charge is -2.12. The summed E-state index contributed by atoms with van der Waals surface area (Å²) < 4.78 is 27.6. The number of fused-ring (bicyclic) bond motifs is 1. The fourth-order valence-electron chi connectivity index (χ4n) is 2.49. The predicted octanol–water partition coefficient (Wildman–Crippen LogP) is 2.64. The number of imide groups is 1. The number of anilines is 1. The second kappa shape index (κ2) is 5.61. The number of sulfonamides is 1. The summed E-state index contributed by atoms with van der Waals surface area (Å²) in [4.78, 5) is 23.3. The topological polar surface area (TPSA) is 92.3 Å². The van der Waals surface area contributed by atoms with Gasteiger partial charge in [-0.2, -0.15) is 0 Å². The van der Waals surface area contributed by atoms with Crippen LogP contribution < -0.4 is 10.0 Å². The van der Waals surface area contributed by atoms with E-state index in [0.717, 1.165) is 0 Å². The van der Waals surface area contributed by atoms with E-state index in [1.807, 2.05) is 0 Å². The SMILES string of the molecule is Cc1cc(S(=O)(=O)Nc2ccc3c(c2)C(=O)NC3=O)c(C)cc1Cl. The highest BCUT2D eigenvalue weighted by Crippen LogP contribution is 2.27. The van der Waals surface area contributed by atoms with Gasteiger partial charge in [0.2, 0.25) is 0 Å². The monoisotopic (exact) mass is 364 g/mol. The number of carbonyl (C=O) groups excluding carboxylic acids is 2. The van der Waals surface area contributed by atoms with E-state index in [-0.39, 0.29) is 21.7 Å². The summed E-state index contributed by atoms with van der Waals surface area (Å²) >= 11 is 6.00. The van der Waals surface area contributed by atoms with Crippen molar-refractivity contribution in [3.63, 3.8) is 0 Å². The van der Waals surface area contributed by atoms with Gasteiger partial charge in [0.15, 0.2) is 0 Å². The lowest BCUT2D eigenvalue weighted by Crippen LogP contribution is -2.19. The number of hydrogen-bond donors (Lipinski definition) is 2. The minimum atomic E-state index is -3.86. The fraction of sp³-hybridized carbons (Fsp3) is 0.125. The van der Waals surface area contributed by atoms with Gasteiger partial charge in [-0.15, -0.1) is 0 Å². The number of aryl methyl sites for hydroxylation is 2. The molecule has 2 aromatic carbocycles. The van der Waals surface area contributed by atoms with E-state index in [0.29, 0.717) is 16.1 Å². The molecule has 2 aromatic rings. The lowest BCUT2D eigenvalue weighted by atomic mass is 10.1. The van der Waals surface area contributed by atoms with E-state index in [1.165, 1.54) is 24.3 Å². The molecule has 0 spiro atoms. The van der Waals surface area contributed by atoms with Crippen molar-refractivity contribution in [2.75, 3.05) is 4.72 Å². The van der Waals surface area contributed by atoms with Crippen LogP contribution in [-0.4, -0.2) is 20.2 Å². The first-order valence-electron chi connectivity index (χ1n) is 6.98. The summed E-state index contributed by atoms with van der Waals surface area (Å²) in [6, 6.07) is 7.26. The second-order valence-electron chi connectivity index (χ2n) is 5.52. The summed E-state index contributed by atoms with van der Waals surface area (Å²) in [7, 11) is -3.86. The zero-order valence-corrected chi connectivity index (χ0v) is 14.4. The van der Waals surface area contributed by atoms with Crippen LogP contribution in [0.1, 0.15) is 31.8 Å². The van der Waals surface area contributed by atoms with Crippen LogP contribution in [0.5, 0.6) is 0 Å². The zero-order chi connectivity index (χ0) is 17.6. The highest BCUT2D eigenvalue weighted by Gasteiger charge is 2.27. The molecule has 0 radical (unpaired) electrons. The second-order valence-corrected chi connectivity index (χ2v) is 7.57. The molecule has 1 heterocycles. The molecule has 6 nitrogen and oxygen atoms in total. The summed E-state index contributed by atoms with van der Waals surface area (Å²) in [6.07, 6.45) is 0. The van der Waals surface area contributed by atoms with Gasteiger partial charge < -0.3 is 0 Å². The van der Waals surface area contributed by atoms with Crippen LogP contribution in [-0.2, 0) is 10.0 Å². The summed E-state index contributed by atoms with van der Waals surface area (Å²) in [6.45, 7) is 3.36. The number of hydrogen-bond acceptors (Lipinski definition) is 4. The van der Waals surface area contributed by atoms with Crippen molar-refractivity contribution in [3.05, 3.63) is 57.6 Å². The minimum Gasteiger partial charge on any atom is -0.288 e. The molecule has 1 aliphatic heterocycles. The van der Waals surface area contributed by atoms with Crippen molar-refractivity contribution in [2.45, 2.75) is 18.7 Å². The van der Waals surface area contributed by atoms with Crippen molar-refractivity contribution < 1.29 is 18.0 Å². The quantitative estimate of drug-likeness (QED) is 0.819. The number of amides is 2. The van der Waals surface area contributed by atoms with E-state index in [9.17, 15) is 18.0 Å². The highest BCUT2D eigenvalue weighted by molar-refractivity contribution is 7.92. The molecule has 2 N–H and O–H groups in total. The van der Waals surface area contributed by atoms with Crippen molar-refractivity contribution in [2.24, 2.45) is 0 Å². The Balaban J connectivity index is 2.00. The highest BCUT2D eigenvalue weighted by atomic mass is 35.5. The molecule has 8 heteroatoms. The molecule has 24 heavy (non-hydrogen) atoms. The molecule has 0 saturated heterocycles. The maximum absolute atomic E-state index is 12.6. The summed E-state index contributed by atoms with van der Waals surface area (Å²) in [5.41, 5.74) is 1.71. The Hall–Kier alpha value is -2.38. The number of benzene rings is 2. The Morgan fingerprint density at radius 1 is 0.958 bits per heavy atom. The van der Waals surface area contributed by atoms with Crippen LogP contribution in [0.2, 0.25) is 5.02 Å². The molecular formula is C16H13ClN2O4S. The van der Waals surface area contributed by atoms with E-state index in [2.05, 4.69) is 10.0 Å². The Morgan fingerprint density at radius 3 is 2.33 bits per heavy atom. The van der Waals surface area contributed by atoms with E-state index in [4.69, 9.17) is 11.6 Å². The average Bonchev–Trinajstić information content (AvgIpc) is 2.77. The maximum atomic E-state index is 12.6. The smallest absolute Gasteiger partial charge is 0.262 e.